The van der Waals surface area contributed by atoms with Gasteiger partial charge in [-0.3, -0.25) is 9.88 Å². The lowest BCUT2D eigenvalue weighted by atomic mass is 10.2. The molecule has 88 valence electrons. The van der Waals surface area contributed by atoms with Crippen LogP contribution in [0.4, 0.5) is 0 Å². The zero-order valence-corrected chi connectivity index (χ0v) is 10.0. The van der Waals surface area contributed by atoms with E-state index in [1.807, 2.05) is 18.2 Å². The molecule has 0 saturated heterocycles. The summed E-state index contributed by atoms with van der Waals surface area (Å²) in [5.74, 6) is 1.90. The fourth-order valence-electron chi connectivity index (χ4n) is 2.18. The topological polar surface area (TPSA) is 46.8 Å². The quantitative estimate of drug-likeness (QED) is 0.740. The van der Waals surface area contributed by atoms with Crippen LogP contribution in [0.1, 0.15) is 18.8 Å². The van der Waals surface area contributed by atoms with Gasteiger partial charge in [-0.2, -0.15) is 0 Å². The normalized spacial score (nSPS) is 20.2. The van der Waals surface area contributed by atoms with Gasteiger partial charge in [0.2, 0.25) is 0 Å². The van der Waals surface area contributed by atoms with E-state index in [4.69, 9.17) is 0 Å². The number of rotatable bonds is 1. The van der Waals surface area contributed by atoms with Crippen LogP contribution >= 0.6 is 0 Å². The van der Waals surface area contributed by atoms with Crippen molar-refractivity contribution in [2.24, 2.45) is 0 Å². The van der Waals surface area contributed by atoms with Crippen LogP contribution in [0.25, 0.3) is 11.5 Å². The molecule has 3 rings (SSSR count). The Kier molecular flexibility index (Phi) is 2.40. The molecule has 0 aromatic carbocycles. The first kappa shape index (κ1) is 10.4. The molecule has 0 saturated carbocycles. The Morgan fingerprint density at radius 2 is 2.12 bits per heavy atom. The van der Waals surface area contributed by atoms with E-state index in [1.165, 1.54) is 0 Å². The zero-order valence-electron chi connectivity index (χ0n) is 10.0. The number of hydrogen-bond donors (Lipinski definition) is 0. The van der Waals surface area contributed by atoms with Crippen LogP contribution < -0.4 is 0 Å². The lowest BCUT2D eigenvalue weighted by molar-refractivity contribution is 0.206. The Morgan fingerprint density at radius 3 is 2.88 bits per heavy atom. The lowest BCUT2D eigenvalue weighted by Gasteiger charge is -2.30. The monoisotopic (exact) mass is 229 g/mol. The Balaban J connectivity index is 2.08. The molecular weight excluding hydrogens is 214 g/mol. The number of hydrogen-bond acceptors (Lipinski definition) is 4. The SMILES string of the molecule is CC1c2nnc(-c3ccccn3)n2CCN1C. The van der Waals surface area contributed by atoms with Gasteiger partial charge in [0.15, 0.2) is 5.82 Å². The predicted molar refractivity (Wildman–Crippen MR) is 64.3 cm³/mol. The third kappa shape index (κ3) is 1.63. The van der Waals surface area contributed by atoms with Crippen molar-refractivity contribution in [1.29, 1.82) is 0 Å². The second-order valence-corrected chi connectivity index (χ2v) is 4.41. The number of aromatic nitrogens is 4. The molecule has 3 heterocycles. The molecule has 2 aromatic rings. The average molecular weight is 229 g/mol. The molecular formula is C12H15N5. The average Bonchev–Trinajstić information content (AvgIpc) is 2.79. The van der Waals surface area contributed by atoms with E-state index in [2.05, 4.69) is 38.6 Å². The summed E-state index contributed by atoms with van der Waals surface area (Å²) in [7, 11) is 2.11. The van der Waals surface area contributed by atoms with Gasteiger partial charge in [-0.05, 0) is 26.1 Å². The minimum atomic E-state index is 0.314. The predicted octanol–water partition coefficient (Wildman–Crippen LogP) is 1.35. The molecule has 1 aliphatic rings. The molecule has 1 atom stereocenters. The highest BCUT2D eigenvalue weighted by Gasteiger charge is 2.26. The van der Waals surface area contributed by atoms with E-state index in [0.29, 0.717) is 6.04 Å². The number of likely N-dealkylation sites (N-methyl/N-ethyl adjacent to an activating group) is 1. The summed E-state index contributed by atoms with van der Waals surface area (Å²) in [5.41, 5.74) is 0.892. The third-order valence-electron chi connectivity index (χ3n) is 3.38. The van der Waals surface area contributed by atoms with Crippen molar-refractivity contribution in [1.82, 2.24) is 24.6 Å². The minimum absolute atomic E-state index is 0.314. The smallest absolute Gasteiger partial charge is 0.182 e. The van der Waals surface area contributed by atoms with Gasteiger partial charge >= 0.3 is 0 Å². The molecule has 5 heteroatoms. The molecule has 0 radical (unpaired) electrons. The Bertz CT molecular complexity index is 519. The van der Waals surface area contributed by atoms with Crippen molar-refractivity contribution in [2.75, 3.05) is 13.6 Å². The van der Waals surface area contributed by atoms with E-state index < -0.39 is 0 Å². The summed E-state index contributed by atoms with van der Waals surface area (Å²) in [6.07, 6.45) is 1.79. The first-order valence-electron chi connectivity index (χ1n) is 5.82. The van der Waals surface area contributed by atoms with Gasteiger partial charge in [-0.15, -0.1) is 10.2 Å². The Morgan fingerprint density at radius 1 is 1.24 bits per heavy atom. The van der Waals surface area contributed by atoms with Crippen LogP contribution in [0.2, 0.25) is 0 Å². The van der Waals surface area contributed by atoms with Gasteiger partial charge in [0.1, 0.15) is 11.5 Å². The molecule has 5 nitrogen and oxygen atoms in total. The summed E-state index contributed by atoms with van der Waals surface area (Å²) < 4.78 is 2.17. The highest BCUT2D eigenvalue weighted by molar-refractivity contribution is 5.49. The van der Waals surface area contributed by atoms with Crippen LogP contribution in [0.15, 0.2) is 24.4 Å². The maximum Gasteiger partial charge on any atom is 0.182 e. The van der Waals surface area contributed by atoms with Crippen LogP contribution in [-0.2, 0) is 6.54 Å². The first-order valence-corrected chi connectivity index (χ1v) is 5.82. The maximum atomic E-state index is 4.34. The Labute approximate surface area is 100 Å². The van der Waals surface area contributed by atoms with Crippen molar-refractivity contribution < 1.29 is 0 Å². The molecule has 1 aliphatic heterocycles. The second-order valence-electron chi connectivity index (χ2n) is 4.41. The third-order valence-corrected chi connectivity index (χ3v) is 3.38. The van der Waals surface area contributed by atoms with Crippen molar-refractivity contribution in [2.45, 2.75) is 19.5 Å². The highest BCUT2D eigenvalue weighted by atomic mass is 15.3. The molecule has 0 fully saturated rings. The van der Waals surface area contributed by atoms with Crippen LogP contribution in [0.5, 0.6) is 0 Å². The maximum absolute atomic E-state index is 4.34. The van der Waals surface area contributed by atoms with E-state index in [1.54, 1.807) is 6.20 Å². The standard InChI is InChI=1S/C12H15N5/c1-9-11-14-15-12(10-5-3-4-6-13-10)17(11)8-7-16(9)2/h3-6,9H,7-8H2,1-2H3. The van der Waals surface area contributed by atoms with Gasteiger partial charge in [-0.1, -0.05) is 6.07 Å². The second kappa shape index (κ2) is 3.92. The number of fused-ring (bicyclic) bond motifs is 1. The molecule has 0 amide bonds. The van der Waals surface area contributed by atoms with Gasteiger partial charge in [0.05, 0.1) is 6.04 Å². The fourth-order valence-corrected chi connectivity index (χ4v) is 2.18. The van der Waals surface area contributed by atoms with Crippen LogP contribution in [-0.4, -0.2) is 38.2 Å². The summed E-state index contributed by atoms with van der Waals surface area (Å²) in [4.78, 5) is 6.62. The zero-order chi connectivity index (χ0) is 11.8. The molecule has 0 N–H and O–H groups in total. The van der Waals surface area contributed by atoms with E-state index in [9.17, 15) is 0 Å². The molecule has 17 heavy (non-hydrogen) atoms. The summed E-state index contributed by atoms with van der Waals surface area (Å²) in [6.45, 7) is 4.10. The van der Waals surface area contributed by atoms with Crippen LogP contribution in [0, 0.1) is 0 Å². The van der Waals surface area contributed by atoms with Crippen molar-refractivity contribution in [3.8, 4) is 11.5 Å². The van der Waals surface area contributed by atoms with Gasteiger partial charge in [-0.25, -0.2) is 0 Å². The molecule has 0 bridgehead atoms. The molecule has 0 aliphatic carbocycles. The number of nitrogens with zero attached hydrogens (tertiary/aromatic N) is 5. The van der Waals surface area contributed by atoms with Crippen molar-refractivity contribution >= 4 is 0 Å². The lowest BCUT2D eigenvalue weighted by Crippen LogP contribution is -2.34. The molecule has 1 unspecified atom stereocenters. The highest BCUT2D eigenvalue weighted by Crippen LogP contribution is 2.25. The minimum Gasteiger partial charge on any atom is -0.307 e. The summed E-state index contributed by atoms with van der Waals surface area (Å²) in [6, 6.07) is 6.17. The van der Waals surface area contributed by atoms with Crippen molar-refractivity contribution in [3.63, 3.8) is 0 Å². The fraction of sp³-hybridized carbons (Fsp3) is 0.417. The van der Waals surface area contributed by atoms with Crippen LogP contribution in [0.3, 0.4) is 0 Å². The van der Waals surface area contributed by atoms with Gasteiger partial charge in [0, 0.05) is 19.3 Å². The molecule has 2 aromatic heterocycles. The molecule has 0 spiro atoms. The largest absolute Gasteiger partial charge is 0.307 e. The van der Waals surface area contributed by atoms with Crippen molar-refractivity contribution in [3.05, 3.63) is 30.2 Å². The van der Waals surface area contributed by atoms with Gasteiger partial charge in [0.25, 0.3) is 0 Å². The van der Waals surface area contributed by atoms with E-state index in [-0.39, 0.29) is 0 Å². The first-order chi connectivity index (χ1) is 8.27. The van der Waals surface area contributed by atoms with E-state index >= 15 is 0 Å². The Hall–Kier alpha value is -1.75. The van der Waals surface area contributed by atoms with E-state index in [0.717, 1.165) is 30.4 Å². The summed E-state index contributed by atoms with van der Waals surface area (Å²) >= 11 is 0. The van der Waals surface area contributed by atoms with Gasteiger partial charge < -0.3 is 4.57 Å². The number of pyridine rings is 1. The summed E-state index contributed by atoms with van der Waals surface area (Å²) in [5, 5.41) is 8.57.